The van der Waals surface area contributed by atoms with Gasteiger partial charge in [-0.1, -0.05) is 12.1 Å². The molecule has 25 heavy (non-hydrogen) atoms. The average molecular weight is 345 g/mol. The van der Waals surface area contributed by atoms with Crippen LogP contribution in [-0.4, -0.2) is 48.9 Å². The Morgan fingerprint density at radius 2 is 1.60 bits per heavy atom. The van der Waals surface area contributed by atoms with Gasteiger partial charge in [0.05, 0.1) is 0 Å². The lowest BCUT2D eigenvalue weighted by Gasteiger charge is -2.32. The summed E-state index contributed by atoms with van der Waals surface area (Å²) in [5.41, 5.74) is 1.72. The van der Waals surface area contributed by atoms with Gasteiger partial charge in [0.15, 0.2) is 0 Å². The van der Waals surface area contributed by atoms with Gasteiger partial charge in [0.1, 0.15) is 11.6 Å². The third-order valence-electron chi connectivity index (χ3n) is 4.34. The summed E-state index contributed by atoms with van der Waals surface area (Å²) in [4.78, 5) is 16.8. The molecule has 1 aliphatic heterocycles. The monoisotopic (exact) mass is 345 g/mol. The van der Waals surface area contributed by atoms with Crippen LogP contribution in [0.3, 0.4) is 0 Å². The van der Waals surface area contributed by atoms with Gasteiger partial charge in [-0.3, -0.25) is 9.69 Å². The molecule has 1 N–H and O–H groups in total. The molecule has 6 heteroatoms. The summed E-state index contributed by atoms with van der Waals surface area (Å²) >= 11 is 0. The molecule has 1 aliphatic rings. The molecule has 1 heterocycles. The fourth-order valence-electron chi connectivity index (χ4n) is 2.85. The van der Waals surface area contributed by atoms with Gasteiger partial charge in [0, 0.05) is 50.0 Å². The molecule has 4 nitrogen and oxygen atoms in total. The largest absolute Gasteiger partial charge is 0.322 e. The van der Waals surface area contributed by atoms with Crippen LogP contribution < -0.4 is 5.32 Å². The summed E-state index contributed by atoms with van der Waals surface area (Å²) in [6, 6.07) is 10.3. The van der Waals surface area contributed by atoms with Gasteiger partial charge in [0.2, 0.25) is 0 Å². The van der Waals surface area contributed by atoms with E-state index in [1.807, 2.05) is 12.1 Å². The van der Waals surface area contributed by atoms with E-state index in [4.69, 9.17) is 0 Å². The Balaban J connectivity index is 1.59. The van der Waals surface area contributed by atoms with E-state index in [0.29, 0.717) is 5.69 Å². The molecule has 0 saturated carbocycles. The number of hydrogen-bond acceptors (Lipinski definition) is 3. The molecule has 0 bridgehead atoms. The molecule has 0 unspecified atom stereocenters. The van der Waals surface area contributed by atoms with E-state index in [1.165, 1.54) is 5.56 Å². The third kappa shape index (κ3) is 4.84. The number of carbonyl (C=O) groups excluding carboxylic acids is 1. The Kier molecular flexibility index (Phi) is 5.40. The van der Waals surface area contributed by atoms with E-state index in [1.54, 1.807) is 12.1 Å². The van der Waals surface area contributed by atoms with Crippen LogP contribution in [0.15, 0.2) is 42.5 Å². The van der Waals surface area contributed by atoms with E-state index in [2.05, 4.69) is 22.2 Å². The topological polar surface area (TPSA) is 35.6 Å². The smallest absolute Gasteiger partial charge is 0.255 e. The molecule has 1 saturated heterocycles. The van der Waals surface area contributed by atoms with Crippen molar-refractivity contribution in [2.75, 3.05) is 38.5 Å². The van der Waals surface area contributed by atoms with E-state index >= 15 is 0 Å². The van der Waals surface area contributed by atoms with Crippen molar-refractivity contribution in [1.82, 2.24) is 9.80 Å². The Bertz CT molecular complexity index is 721. The SMILES string of the molecule is CN1CCN(Cc2ccc(NC(=O)c3cc(F)cc(F)c3)cc2)CC1. The van der Waals surface area contributed by atoms with Crippen molar-refractivity contribution in [3.63, 3.8) is 0 Å². The fourth-order valence-corrected chi connectivity index (χ4v) is 2.85. The molecule has 1 fully saturated rings. The zero-order valence-electron chi connectivity index (χ0n) is 14.1. The standard InChI is InChI=1S/C19H21F2N3O/c1-23-6-8-24(9-7-23)13-14-2-4-18(5-3-14)22-19(25)15-10-16(20)12-17(21)11-15/h2-5,10-12H,6-9,13H2,1H3,(H,22,25). The molecular formula is C19H21F2N3O. The van der Waals surface area contributed by atoms with Crippen molar-refractivity contribution >= 4 is 11.6 Å². The summed E-state index contributed by atoms with van der Waals surface area (Å²) in [7, 11) is 2.12. The van der Waals surface area contributed by atoms with Gasteiger partial charge in [-0.05, 0) is 36.9 Å². The van der Waals surface area contributed by atoms with Crippen LogP contribution in [0.2, 0.25) is 0 Å². The molecule has 0 spiro atoms. The number of anilines is 1. The molecule has 132 valence electrons. The molecule has 0 atom stereocenters. The van der Waals surface area contributed by atoms with Crippen molar-refractivity contribution in [2.45, 2.75) is 6.54 Å². The highest BCUT2D eigenvalue weighted by Gasteiger charge is 2.14. The fraction of sp³-hybridized carbons (Fsp3) is 0.316. The van der Waals surface area contributed by atoms with Crippen LogP contribution in [0.5, 0.6) is 0 Å². The normalized spacial score (nSPS) is 16.0. The number of amides is 1. The maximum atomic E-state index is 13.2. The van der Waals surface area contributed by atoms with Crippen LogP contribution >= 0.6 is 0 Å². The third-order valence-corrected chi connectivity index (χ3v) is 4.34. The number of benzene rings is 2. The number of likely N-dealkylation sites (N-methyl/N-ethyl adjacent to an activating group) is 1. The molecule has 0 radical (unpaired) electrons. The lowest BCUT2D eigenvalue weighted by molar-refractivity contribution is 0.102. The second-order valence-electron chi connectivity index (χ2n) is 6.39. The van der Waals surface area contributed by atoms with E-state index in [-0.39, 0.29) is 5.56 Å². The van der Waals surface area contributed by atoms with Crippen molar-refractivity contribution in [2.24, 2.45) is 0 Å². The highest BCUT2D eigenvalue weighted by Crippen LogP contribution is 2.15. The molecular weight excluding hydrogens is 324 g/mol. The van der Waals surface area contributed by atoms with E-state index in [0.717, 1.165) is 50.9 Å². The number of hydrogen-bond donors (Lipinski definition) is 1. The minimum Gasteiger partial charge on any atom is -0.322 e. The predicted octanol–water partition coefficient (Wildman–Crippen LogP) is 2.96. The molecule has 2 aromatic rings. The molecule has 1 amide bonds. The maximum absolute atomic E-state index is 13.2. The summed E-state index contributed by atoms with van der Waals surface area (Å²) in [5.74, 6) is -2.08. The van der Waals surface area contributed by atoms with Crippen LogP contribution in [0.25, 0.3) is 0 Å². The molecule has 0 aromatic heterocycles. The van der Waals surface area contributed by atoms with Gasteiger partial charge in [-0.15, -0.1) is 0 Å². The zero-order chi connectivity index (χ0) is 17.8. The average Bonchev–Trinajstić information content (AvgIpc) is 2.58. The van der Waals surface area contributed by atoms with Crippen molar-refractivity contribution in [3.05, 3.63) is 65.2 Å². The minimum atomic E-state index is -0.771. The number of piperazine rings is 1. The predicted molar refractivity (Wildman–Crippen MR) is 93.5 cm³/mol. The lowest BCUT2D eigenvalue weighted by atomic mass is 10.1. The second kappa shape index (κ2) is 7.72. The summed E-state index contributed by atoms with van der Waals surface area (Å²) in [6.45, 7) is 5.09. The van der Waals surface area contributed by atoms with Crippen LogP contribution in [-0.2, 0) is 6.54 Å². The highest BCUT2D eigenvalue weighted by molar-refractivity contribution is 6.04. The molecule has 2 aromatic carbocycles. The van der Waals surface area contributed by atoms with Gasteiger partial charge < -0.3 is 10.2 Å². The van der Waals surface area contributed by atoms with Gasteiger partial charge in [-0.2, -0.15) is 0 Å². The quantitative estimate of drug-likeness (QED) is 0.925. The van der Waals surface area contributed by atoms with Crippen LogP contribution in [0, 0.1) is 11.6 Å². The Hall–Kier alpha value is -2.31. The second-order valence-corrected chi connectivity index (χ2v) is 6.39. The van der Waals surface area contributed by atoms with Crippen LogP contribution in [0.1, 0.15) is 15.9 Å². The van der Waals surface area contributed by atoms with E-state index in [9.17, 15) is 13.6 Å². The summed E-state index contributed by atoms with van der Waals surface area (Å²) < 4.78 is 26.4. The summed E-state index contributed by atoms with van der Waals surface area (Å²) in [6.07, 6.45) is 0. The minimum absolute atomic E-state index is 0.0426. The van der Waals surface area contributed by atoms with Crippen LogP contribution in [0.4, 0.5) is 14.5 Å². The number of rotatable bonds is 4. The first-order chi connectivity index (χ1) is 12.0. The maximum Gasteiger partial charge on any atom is 0.255 e. The number of nitrogens with zero attached hydrogens (tertiary/aromatic N) is 2. The molecule has 0 aliphatic carbocycles. The van der Waals surface area contributed by atoms with E-state index < -0.39 is 17.5 Å². The zero-order valence-corrected chi connectivity index (χ0v) is 14.1. The summed E-state index contributed by atoms with van der Waals surface area (Å²) in [5, 5.41) is 2.66. The number of halogens is 2. The lowest BCUT2D eigenvalue weighted by Crippen LogP contribution is -2.43. The molecule has 3 rings (SSSR count). The number of nitrogens with one attached hydrogen (secondary N) is 1. The highest BCUT2D eigenvalue weighted by atomic mass is 19.1. The first kappa shape index (κ1) is 17.5. The van der Waals surface area contributed by atoms with Gasteiger partial charge >= 0.3 is 0 Å². The number of carbonyl (C=O) groups is 1. The Labute approximate surface area is 146 Å². The first-order valence-corrected chi connectivity index (χ1v) is 8.27. The Morgan fingerprint density at radius 1 is 1.00 bits per heavy atom. The van der Waals surface area contributed by atoms with Crippen molar-refractivity contribution < 1.29 is 13.6 Å². The van der Waals surface area contributed by atoms with Crippen molar-refractivity contribution in [1.29, 1.82) is 0 Å². The van der Waals surface area contributed by atoms with Gasteiger partial charge in [0.25, 0.3) is 5.91 Å². The van der Waals surface area contributed by atoms with Crippen molar-refractivity contribution in [3.8, 4) is 0 Å². The Morgan fingerprint density at radius 3 is 2.20 bits per heavy atom. The van der Waals surface area contributed by atoms with Gasteiger partial charge in [-0.25, -0.2) is 8.78 Å². The first-order valence-electron chi connectivity index (χ1n) is 8.27.